The summed E-state index contributed by atoms with van der Waals surface area (Å²) in [7, 11) is 1.67. The van der Waals surface area contributed by atoms with E-state index >= 15 is 0 Å². The van der Waals surface area contributed by atoms with Gasteiger partial charge in [0.1, 0.15) is 12.4 Å². The standard InChI is InChI=1S/C16H20N2O4/c1-20-15-5-3-2-4-12(15)8-17-16(10-21-11-16)7-13-6-14(9-19)22-18-13/h2-6,17,19H,7-11H2,1H3. The summed E-state index contributed by atoms with van der Waals surface area (Å²) in [6, 6.07) is 9.72. The van der Waals surface area contributed by atoms with Crippen LogP contribution >= 0.6 is 0 Å². The van der Waals surface area contributed by atoms with Crippen molar-refractivity contribution in [3.63, 3.8) is 0 Å². The number of aromatic nitrogens is 1. The van der Waals surface area contributed by atoms with E-state index in [-0.39, 0.29) is 12.1 Å². The van der Waals surface area contributed by atoms with E-state index in [0.717, 1.165) is 17.0 Å². The first-order valence-corrected chi connectivity index (χ1v) is 7.25. The van der Waals surface area contributed by atoms with Crippen LogP contribution in [-0.2, 0) is 24.3 Å². The lowest BCUT2D eigenvalue weighted by atomic mass is 9.90. The molecule has 1 aromatic carbocycles. The number of hydrogen-bond acceptors (Lipinski definition) is 6. The van der Waals surface area contributed by atoms with Crippen LogP contribution in [0.4, 0.5) is 0 Å². The summed E-state index contributed by atoms with van der Waals surface area (Å²) >= 11 is 0. The summed E-state index contributed by atoms with van der Waals surface area (Å²) in [4.78, 5) is 0. The second kappa shape index (κ2) is 6.48. The van der Waals surface area contributed by atoms with Gasteiger partial charge in [0.15, 0.2) is 5.76 Å². The van der Waals surface area contributed by atoms with Crippen LogP contribution in [0.1, 0.15) is 17.0 Å². The number of nitrogens with zero attached hydrogens (tertiary/aromatic N) is 1. The molecule has 2 aromatic rings. The summed E-state index contributed by atoms with van der Waals surface area (Å²) < 4.78 is 15.8. The average molecular weight is 304 g/mol. The maximum atomic E-state index is 9.04. The molecule has 1 aromatic heterocycles. The van der Waals surface area contributed by atoms with E-state index in [2.05, 4.69) is 10.5 Å². The fourth-order valence-electron chi connectivity index (χ4n) is 2.61. The Morgan fingerprint density at radius 2 is 2.18 bits per heavy atom. The van der Waals surface area contributed by atoms with E-state index in [4.69, 9.17) is 19.1 Å². The molecule has 1 aliphatic heterocycles. The summed E-state index contributed by atoms with van der Waals surface area (Å²) in [5, 5.41) is 16.6. The van der Waals surface area contributed by atoms with Gasteiger partial charge in [-0.1, -0.05) is 23.4 Å². The molecule has 0 atom stereocenters. The van der Waals surface area contributed by atoms with E-state index in [1.54, 1.807) is 13.2 Å². The zero-order valence-corrected chi connectivity index (χ0v) is 12.5. The number of hydrogen-bond donors (Lipinski definition) is 2. The number of aliphatic hydroxyl groups is 1. The zero-order valence-electron chi connectivity index (χ0n) is 12.5. The molecule has 6 nitrogen and oxygen atoms in total. The van der Waals surface area contributed by atoms with E-state index in [0.29, 0.717) is 31.9 Å². The van der Waals surface area contributed by atoms with Crippen LogP contribution in [0.3, 0.4) is 0 Å². The third-order valence-electron chi connectivity index (χ3n) is 3.89. The van der Waals surface area contributed by atoms with Crippen molar-refractivity contribution in [3.8, 4) is 5.75 Å². The molecule has 0 saturated carbocycles. The smallest absolute Gasteiger partial charge is 0.162 e. The molecule has 1 aliphatic rings. The van der Waals surface area contributed by atoms with Gasteiger partial charge in [-0.3, -0.25) is 0 Å². The van der Waals surface area contributed by atoms with Crippen LogP contribution in [0.25, 0.3) is 0 Å². The zero-order chi connectivity index (χ0) is 15.4. The Kier molecular flexibility index (Phi) is 4.42. The molecule has 6 heteroatoms. The molecule has 3 rings (SSSR count). The fourth-order valence-corrected chi connectivity index (χ4v) is 2.61. The Hall–Kier alpha value is -1.89. The first kappa shape index (κ1) is 15.0. The predicted molar refractivity (Wildman–Crippen MR) is 79.5 cm³/mol. The summed E-state index contributed by atoms with van der Waals surface area (Å²) in [5.74, 6) is 1.35. The van der Waals surface area contributed by atoms with Crippen molar-refractivity contribution < 1.29 is 19.1 Å². The van der Waals surface area contributed by atoms with Gasteiger partial charge >= 0.3 is 0 Å². The van der Waals surface area contributed by atoms with Crippen LogP contribution in [0, 0.1) is 0 Å². The normalized spacial score (nSPS) is 16.3. The van der Waals surface area contributed by atoms with E-state index in [1.807, 2.05) is 24.3 Å². The Morgan fingerprint density at radius 1 is 1.36 bits per heavy atom. The van der Waals surface area contributed by atoms with Gasteiger partial charge in [-0.15, -0.1) is 0 Å². The molecule has 0 unspecified atom stereocenters. The Labute approximate surface area is 129 Å². The SMILES string of the molecule is COc1ccccc1CNC1(Cc2cc(CO)on2)COC1. The first-order valence-electron chi connectivity index (χ1n) is 7.25. The van der Waals surface area contributed by atoms with Gasteiger partial charge in [0.25, 0.3) is 0 Å². The number of benzene rings is 1. The second-order valence-electron chi connectivity index (χ2n) is 5.56. The number of ether oxygens (including phenoxy) is 2. The van der Waals surface area contributed by atoms with Gasteiger partial charge in [-0.25, -0.2) is 0 Å². The number of rotatable bonds is 7. The lowest BCUT2D eigenvalue weighted by Gasteiger charge is -2.42. The maximum absolute atomic E-state index is 9.04. The Morgan fingerprint density at radius 3 is 2.82 bits per heavy atom. The number of aliphatic hydroxyl groups excluding tert-OH is 1. The molecular formula is C16H20N2O4. The van der Waals surface area contributed by atoms with Crippen molar-refractivity contribution in [2.24, 2.45) is 0 Å². The molecule has 0 spiro atoms. The third kappa shape index (κ3) is 3.14. The monoisotopic (exact) mass is 304 g/mol. The molecular weight excluding hydrogens is 284 g/mol. The Balaban J connectivity index is 1.66. The predicted octanol–water partition coefficient (Wildman–Crippen LogP) is 1.28. The van der Waals surface area contributed by atoms with Crippen LogP contribution in [0.5, 0.6) is 5.75 Å². The summed E-state index contributed by atoms with van der Waals surface area (Å²) in [5.41, 5.74) is 1.78. The minimum Gasteiger partial charge on any atom is -0.496 e. The minimum atomic E-state index is -0.148. The molecule has 2 heterocycles. The third-order valence-corrected chi connectivity index (χ3v) is 3.89. The van der Waals surface area contributed by atoms with Crippen molar-refractivity contribution in [3.05, 3.63) is 47.3 Å². The maximum Gasteiger partial charge on any atom is 0.162 e. The molecule has 0 bridgehead atoms. The van der Waals surface area contributed by atoms with Crippen molar-refractivity contribution in [2.45, 2.75) is 25.1 Å². The highest BCUT2D eigenvalue weighted by molar-refractivity contribution is 5.33. The molecule has 118 valence electrons. The number of methoxy groups -OCH3 is 1. The van der Waals surface area contributed by atoms with Crippen LogP contribution < -0.4 is 10.1 Å². The van der Waals surface area contributed by atoms with Crippen molar-refractivity contribution >= 4 is 0 Å². The lowest BCUT2D eigenvalue weighted by Crippen LogP contribution is -2.61. The van der Waals surface area contributed by atoms with E-state index in [1.165, 1.54) is 0 Å². The van der Waals surface area contributed by atoms with Gasteiger partial charge in [0.2, 0.25) is 0 Å². The largest absolute Gasteiger partial charge is 0.496 e. The number of nitrogens with one attached hydrogen (secondary N) is 1. The van der Waals surface area contributed by atoms with Crippen molar-refractivity contribution in [1.82, 2.24) is 10.5 Å². The quantitative estimate of drug-likeness (QED) is 0.802. The molecule has 1 saturated heterocycles. The topological polar surface area (TPSA) is 76.8 Å². The Bertz CT molecular complexity index is 622. The summed E-state index contributed by atoms with van der Waals surface area (Å²) in [6.07, 6.45) is 0.700. The van der Waals surface area contributed by atoms with Crippen LogP contribution in [0.2, 0.25) is 0 Å². The molecule has 2 N–H and O–H groups in total. The lowest BCUT2D eigenvalue weighted by molar-refractivity contribution is -0.0756. The molecule has 1 fully saturated rings. The van der Waals surface area contributed by atoms with Gasteiger partial charge < -0.3 is 24.4 Å². The molecule has 0 amide bonds. The molecule has 22 heavy (non-hydrogen) atoms. The van der Waals surface area contributed by atoms with Gasteiger partial charge in [0.05, 0.1) is 31.6 Å². The fraction of sp³-hybridized carbons (Fsp3) is 0.438. The van der Waals surface area contributed by atoms with Crippen LogP contribution in [0.15, 0.2) is 34.9 Å². The minimum absolute atomic E-state index is 0.134. The summed E-state index contributed by atoms with van der Waals surface area (Å²) in [6.45, 7) is 1.82. The van der Waals surface area contributed by atoms with Gasteiger partial charge in [-0.05, 0) is 6.07 Å². The van der Waals surface area contributed by atoms with Gasteiger partial charge in [-0.2, -0.15) is 0 Å². The average Bonchev–Trinajstić information content (AvgIpc) is 2.97. The highest BCUT2D eigenvalue weighted by Crippen LogP contribution is 2.25. The van der Waals surface area contributed by atoms with Crippen molar-refractivity contribution in [2.75, 3.05) is 20.3 Å². The molecule has 0 aliphatic carbocycles. The van der Waals surface area contributed by atoms with E-state index in [9.17, 15) is 0 Å². The first-order chi connectivity index (χ1) is 10.7. The van der Waals surface area contributed by atoms with E-state index < -0.39 is 0 Å². The van der Waals surface area contributed by atoms with Gasteiger partial charge in [0, 0.05) is 24.6 Å². The highest BCUT2D eigenvalue weighted by atomic mass is 16.5. The van der Waals surface area contributed by atoms with Crippen LogP contribution in [-0.4, -0.2) is 36.1 Å². The second-order valence-corrected chi connectivity index (χ2v) is 5.56. The van der Waals surface area contributed by atoms with Crippen molar-refractivity contribution in [1.29, 1.82) is 0 Å². The number of para-hydroxylation sites is 1. The molecule has 0 radical (unpaired) electrons. The highest BCUT2D eigenvalue weighted by Gasteiger charge is 2.39.